The summed E-state index contributed by atoms with van der Waals surface area (Å²) < 4.78 is 47.2. The zero-order chi connectivity index (χ0) is 15.2. The molecule has 3 rings (SSSR count). The standard InChI is InChI=1S/C13H6F3NO4/c14-13(15,16)11-4-7-3-6(1-2-9(7)20-11)10-5-8(12(18)19)17-21-10/h1-5H,(H,18,19). The first-order valence-corrected chi connectivity index (χ1v) is 5.66. The van der Waals surface area contributed by atoms with E-state index in [-0.39, 0.29) is 22.4 Å². The maximum absolute atomic E-state index is 12.6. The maximum atomic E-state index is 12.6. The van der Waals surface area contributed by atoms with Gasteiger partial charge in [0.05, 0.1) is 0 Å². The van der Waals surface area contributed by atoms with Gasteiger partial charge in [0.25, 0.3) is 0 Å². The molecule has 1 N–H and O–H groups in total. The normalized spacial score (nSPS) is 12.0. The summed E-state index contributed by atoms with van der Waals surface area (Å²) in [5.74, 6) is -2.21. The van der Waals surface area contributed by atoms with Crippen molar-refractivity contribution in [2.45, 2.75) is 6.18 Å². The van der Waals surface area contributed by atoms with Gasteiger partial charge in [0, 0.05) is 17.0 Å². The van der Waals surface area contributed by atoms with Crippen molar-refractivity contribution in [2.75, 3.05) is 0 Å². The van der Waals surface area contributed by atoms with E-state index in [2.05, 4.69) is 5.16 Å². The number of aromatic carboxylic acids is 1. The Bertz CT molecular complexity index is 831. The molecule has 21 heavy (non-hydrogen) atoms. The first-order valence-electron chi connectivity index (χ1n) is 5.66. The SMILES string of the molecule is O=C(O)c1cc(-c2ccc3oc(C(F)(F)F)cc3c2)on1. The van der Waals surface area contributed by atoms with Crippen molar-refractivity contribution in [3.8, 4) is 11.3 Å². The molecular formula is C13H6F3NO4. The van der Waals surface area contributed by atoms with Crippen LogP contribution in [0.2, 0.25) is 0 Å². The maximum Gasteiger partial charge on any atom is 0.449 e. The summed E-state index contributed by atoms with van der Waals surface area (Å²) in [6, 6.07) is 6.27. The zero-order valence-electron chi connectivity index (χ0n) is 10.1. The van der Waals surface area contributed by atoms with Gasteiger partial charge in [-0.05, 0) is 24.3 Å². The fraction of sp³-hybridized carbons (Fsp3) is 0.0769. The number of furan rings is 1. The summed E-state index contributed by atoms with van der Waals surface area (Å²) in [4.78, 5) is 10.7. The lowest BCUT2D eigenvalue weighted by molar-refractivity contribution is -0.152. The van der Waals surface area contributed by atoms with E-state index in [1.807, 2.05) is 0 Å². The first kappa shape index (κ1) is 13.2. The summed E-state index contributed by atoms with van der Waals surface area (Å²) in [6.07, 6.45) is -4.57. The molecule has 0 atom stereocenters. The Hall–Kier alpha value is -2.77. The molecule has 1 aromatic carbocycles. The minimum atomic E-state index is -4.57. The fourth-order valence-corrected chi connectivity index (χ4v) is 1.85. The van der Waals surface area contributed by atoms with Crippen LogP contribution in [0, 0.1) is 0 Å². The number of hydrogen-bond acceptors (Lipinski definition) is 4. The quantitative estimate of drug-likeness (QED) is 0.778. The average Bonchev–Trinajstić information content (AvgIpc) is 3.04. The minimum absolute atomic E-state index is 0.0732. The van der Waals surface area contributed by atoms with E-state index in [0.29, 0.717) is 5.56 Å². The van der Waals surface area contributed by atoms with Gasteiger partial charge in [-0.15, -0.1) is 0 Å². The third-order valence-corrected chi connectivity index (χ3v) is 2.81. The highest BCUT2D eigenvalue weighted by Gasteiger charge is 2.35. The van der Waals surface area contributed by atoms with Crippen molar-refractivity contribution in [2.24, 2.45) is 0 Å². The van der Waals surface area contributed by atoms with Crippen molar-refractivity contribution in [1.29, 1.82) is 0 Å². The van der Waals surface area contributed by atoms with Gasteiger partial charge in [-0.25, -0.2) is 4.79 Å². The average molecular weight is 297 g/mol. The largest absolute Gasteiger partial charge is 0.476 e. The summed E-state index contributed by atoms with van der Waals surface area (Å²) in [5, 5.41) is 12.3. The highest BCUT2D eigenvalue weighted by Crippen LogP contribution is 2.35. The number of carboxylic acids is 1. The Kier molecular flexibility index (Phi) is 2.75. The van der Waals surface area contributed by atoms with E-state index < -0.39 is 17.9 Å². The molecule has 0 radical (unpaired) electrons. The van der Waals surface area contributed by atoms with Crippen LogP contribution in [-0.4, -0.2) is 16.2 Å². The third-order valence-electron chi connectivity index (χ3n) is 2.81. The number of halogens is 3. The number of aromatic nitrogens is 1. The molecule has 8 heteroatoms. The molecule has 5 nitrogen and oxygen atoms in total. The molecule has 3 aromatic rings. The number of alkyl halides is 3. The first-order chi connectivity index (χ1) is 9.84. The predicted molar refractivity (Wildman–Crippen MR) is 63.7 cm³/mol. The van der Waals surface area contributed by atoms with E-state index in [1.165, 1.54) is 24.3 Å². The highest BCUT2D eigenvalue weighted by atomic mass is 19.4. The molecule has 0 spiro atoms. The number of benzene rings is 1. The fourth-order valence-electron chi connectivity index (χ4n) is 1.85. The molecule has 0 fully saturated rings. The number of fused-ring (bicyclic) bond motifs is 1. The number of carboxylic acid groups (broad SMARTS) is 1. The predicted octanol–water partition coefficient (Wildman–Crippen LogP) is 3.80. The van der Waals surface area contributed by atoms with E-state index >= 15 is 0 Å². The molecule has 0 aliphatic rings. The van der Waals surface area contributed by atoms with Gasteiger partial charge in [-0.3, -0.25) is 0 Å². The Morgan fingerprint density at radius 3 is 2.57 bits per heavy atom. The summed E-state index contributed by atoms with van der Waals surface area (Å²) in [7, 11) is 0. The number of rotatable bonds is 2. The van der Waals surface area contributed by atoms with Crippen LogP contribution in [0.15, 0.2) is 39.3 Å². The van der Waals surface area contributed by atoms with Crippen LogP contribution in [-0.2, 0) is 6.18 Å². The van der Waals surface area contributed by atoms with E-state index in [4.69, 9.17) is 14.0 Å². The van der Waals surface area contributed by atoms with Crippen LogP contribution in [0.5, 0.6) is 0 Å². The Morgan fingerprint density at radius 2 is 1.95 bits per heavy atom. The Morgan fingerprint density at radius 1 is 1.19 bits per heavy atom. The summed E-state index contributed by atoms with van der Waals surface area (Å²) in [5.41, 5.74) is 0.189. The van der Waals surface area contributed by atoms with Crippen LogP contribution >= 0.6 is 0 Å². The van der Waals surface area contributed by atoms with Crippen LogP contribution in [0.4, 0.5) is 13.2 Å². The molecule has 2 heterocycles. The van der Waals surface area contributed by atoms with Gasteiger partial charge in [0.1, 0.15) is 5.58 Å². The van der Waals surface area contributed by atoms with Crippen LogP contribution in [0.3, 0.4) is 0 Å². The molecule has 0 unspecified atom stereocenters. The third kappa shape index (κ3) is 2.35. The number of hydrogen-bond donors (Lipinski definition) is 1. The lowest BCUT2D eigenvalue weighted by Gasteiger charge is -1.98. The van der Waals surface area contributed by atoms with Gasteiger partial charge in [0.15, 0.2) is 11.5 Å². The van der Waals surface area contributed by atoms with E-state index in [9.17, 15) is 18.0 Å². The smallest absolute Gasteiger partial charge is 0.449 e. The molecule has 0 aliphatic carbocycles. The Labute approximate surface area is 114 Å². The molecule has 0 bridgehead atoms. The van der Waals surface area contributed by atoms with E-state index in [0.717, 1.165) is 6.07 Å². The number of nitrogens with zero attached hydrogens (tertiary/aromatic N) is 1. The van der Waals surface area contributed by atoms with Crippen molar-refractivity contribution in [1.82, 2.24) is 5.16 Å². The van der Waals surface area contributed by atoms with Crippen molar-refractivity contribution < 1.29 is 32.0 Å². The molecule has 0 amide bonds. The number of carbonyl (C=O) groups is 1. The minimum Gasteiger partial charge on any atom is -0.476 e. The molecule has 0 saturated carbocycles. The lowest BCUT2D eigenvalue weighted by atomic mass is 10.1. The summed E-state index contributed by atoms with van der Waals surface area (Å²) >= 11 is 0. The highest BCUT2D eigenvalue weighted by molar-refractivity contribution is 5.88. The topological polar surface area (TPSA) is 76.5 Å². The molecule has 0 aliphatic heterocycles. The molecule has 2 aromatic heterocycles. The second-order valence-electron chi connectivity index (χ2n) is 4.24. The monoisotopic (exact) mass is 297 g/mol. The molecule has 108 valence electrons. The summed E-state index contributed by atoms with van der Waals surface area (Å²) in [6.45, 7) is 0. The van der Waals surface area contributed by atoms with Gasteiger partial charge in [0.2, 0.25) is 5.76 Å². The van der Waals surface area contributed by atoms with Crippen LogP contribution in [0.1, 0.15) is 16.2 Å². The van der Waals surface area contributed by atoms with Crippen molar-refractivity contribution >= 4 is 16.9 Å². The van der Waals surface area contributed by atoms with E-state index in [1.54, 1.807) is 0 Å². The van der Waals surface area contributed by atoms with Gasteiger partial charge < -0.3 is 14.0 Å². The molecular weight excluding hydrogens is 291 g/mol. The van der Waals surface area contributed by atoms with Gasteiger partial charge in [-0.1, -0.05) is 5.16 Å². The van der Waals surface area contributed by atoms with Crippen molar-refractivity contribution in [3.05, 3.63) is 41.8 Å². The van der Waals surface area contributed by atoms with Gasteiger partial charge in [-0.2, -0.15) is 13.2 Å². The zero-order valence-corrected chi connectivity index (χ0v) is 10.1. The van der Waals surface area contributed by atoms with Crippen LogP contribution in [0.25, 0.3) is 22.3 Å². The van der Waals surface area contributed by atoms with Crippen LogP contribution < -0.4 is 0 Å². The Balaban J connectivity index is 2.05. The second kappa shape index (κ2) is 4.37. The van der Waals surface area contributed by atoms with Gasteiger partial charge >= 0.3 is 12.1 Å². The lowest BCUT2D eigenvalue weighted by Crippen LogP contribution is -2.01. The van der Waals surface area contributed by atoms with Crippen molar-refractivity contribution in [3.63, 3.8) is 0 Å². The second-order valence-corrected chi connectivity index (χ2v) is 4.24. The molecule has 0 saturated heterocycles.